The summed E-state index contributed by atoms with van der Waals surface area (Å²) in [5, 5.41) is 13.9. The van der Waals surface area contributed by atoms with E-state index in [1.165, 1.54) is 5.56 Å². The molecule has 0 unspecified atom stereocenters. The molecule has 0 bridgehead atoms. The predicted molar refractivity (Wildman–Crippen MR) is 127 cm³/mol. The van der Waals surface area contributed by atoms with Gasteiger partial charge in [-0.05, 0) is 66.4 Å². The van der Waals surface area contributed by atoms with Gasteiger partial charge in [0.25, 0.3) is 0 Å². The summed E-state index contributed by atoms with van der Waals surface area (Å²) in [6.45, 7) is 10.5. The van der Waals surface area contributed by atoms with Crippen LogP contribution >= 0.6 is 0 Å². The van der Waals surface area contributed by atoms with E-state index >= 15 is 0 Å². The summed E-state index contributed by atoms with van der Waals surface area (Å²) >= 11 is 0. The summed E-state index contributed by atoms with van der Waals surface area (Å²) in [6, 6.07) is 15.5. The summed E-state index contributed by atoms with van der Waals surface area (Å²) in [5.74, 6) is 0. The molecule has 2 aromatic carbocycles. The minimum Gasteiger partial charge on any atom is -0.308 e. The third kappa shape index (κ3) is 4.43. The number of aromatic nitrogens is 3. The Morgan fingerprint density at radius 3 is 2.26 bits per heavy atom. The number of anilines is 2. The molecule has 6 nitrogen and oxygen atoms in total. The van der Waals surface area contributed by atoms with Gasteiger partial charge in [-0.1, -0.05) is 39.0 Å². The second-order valence-corrected chi connectivity index (χ2v) is 8.89. The van der Waals surface area contributed by atoms with Gasteiger partial charge in [0.2, 0.25) is 0 Å². The number of amides is 2. The molecule has 2 heterocycles. The molecule has 0 radical (unpaired) electrons. The molecule has 6 heteroatoms. The quantitative estimate of drug-likeness (QED) is 0.375. The molecule has 0 fully saturated rings. The summed E-state index contributed by atoms with van der Waals surface area (Å²) in [4.78, 5) is 17.1. The first-order chi connectivity index (χ1) is 14.7. The van der Waals surface area contributed by atoms with Crippen LogP contribution in [0, 0.1) is 13.8 Å². The van der Waals surface area contributed by atoms with Gasteiger partial charge in [0.15, 0.2) is 5.65 Å². The highest BCUT2D eigenvalue weighted by molar-refractivity contribution is 6.00. The van der Waals surface area contributed by atoms with Crippen LogP contribution in [-0.4, -0.2) is 21.2 Å². The number of hydrogen-bond donors (Lipinski definition) is 3. The molecule has 3 N–H and O–H groups in total. The van der Waals surface area contributed by atoms with E-state index in [9.17, 15) is 4.79 Å². The van der Waals surface area contributed by atoms with Gasteiger partial charge in [0.05, 0.1) is 6.20 Å². The van der Waals surface area contributed by atoms with Crippen LogP contribution in [0.5, 0.6) is 0 Å². The van der Waals surface area contributed by atoms with E-state index in [0.29, 0.717) is 0 Å². The Balaban J connectivity index is 1.55. The fourth-order valence-electron chi connectivity index (χ4n) is 3.40. The summed E-state index contributed by atoms with van der Waals surface area (Å²) in [7, 11) is 0. The number of urea groups is 1. The number of nitrogens with one attached hydrogen (secondary N) is 3. The zero-order chi connectivity index (χ0) is 22.2. The lowest BCUT2D eigenvalue weighted by molar-refractivity contribution is 0.262. The number of aromatic amines is 1. The van der Waals surface area contributed by atoms with Crippen molar-refractivity contribution in [3.63, 3.8) is 0 Å². The minimum absolute atomic E-state index is 0.0814. The summed E-state index contributed by atoms with van der Waals surface area (Å²) < 4.78 is 0. The molecule has 0 aliphatic carbocycles. The number of pyridine rings is 1. The SMILES string of the molecule is Cc1ccc(NC(=O)Nc2ccc(-c3cc(C(C)(C)C)nc4[nH]ncc34)cc2)cc1C. The Morgan fingerprint density at radius 1 is 0.903 bits per heavy atom. The normalized spacial score (nSPS) is 11.5. The molecule has 31 heavy (non-hydrogen) atoms. The monoisotopic (exact) mass is 413 g/mol. The Labute approximate surface area is 182 Å². The van der Waals surface area contributed by atoms with E-state index < -0.39 is 0 Å². The molecule has 4 aromatic rings. The van der Waals surface area contributed by atoms with Gasteiger partial charge in [-0.15, -0.1) is 0 Å². The van der Waals surface area contributed by atoms with Gasteiger partial charge in [-0.3, -0.25) is 5.10 Å². The molecule has 0 saturated carbocycles. The molecule has 0 aliphatic heterocycles. The van der Waals surface area contributed by atoms with Crippen LogP contribution in [0.2, 0.25) is 0 Å². The van der Waals surface area contributed by atoms with Crippen LogP contribution in [0.3, 0.4) is 0 Å². The molecule has 0 atom stereocenters. The first-order valence-electron chi connectivity index (χ1n) is 10.3. The Hall–Kier alpha value is -3.67. The maximum Gasteiger partial charge on any atom is 0.323 e. The number of benzene rings is 2. The standard InChI is InChI=1S/C25H27N5O/c1-15-6-9-19(12-16(15)2)28-24(31)27-18-10-7-17(8-11-18)20-13-22(25(3,4)5)29-23-21(20)14-26-30-23/h6-14H,1-5H3,(H,26,29,30)(H2,27,28,31). The van der Waals surface area contributed by atoms with E-state index in [-0.39, 0.29) is 11.4 Å². The van der Waals surface area contributed by atoms with Gasteiger partial charge in [-0.2, -0.15) is 5.10 Å². The summed E-state index contributed by atoms with van der Waals surface area (Å²) in [5.41, 5.74) is 7.62. The van der Waals surface area contributed by atoms with Crippen LogP contribution in [0.4, 0.5) is 16.2 Å². The lowest BCUT2D eigenvalue weighted by Crippen LogP contribution is -2.19. The lowest BCUT2D eigenvalue weighted by Gasteiger charge is -2.19. The molecule has 0 saturated heterocycles. The third-order valence-corrected chi connectivity index (χ3v) is 5.41. The Kier molecular flexibility index (Phi) is 5.23. The van der Waals surface area contributed by atoms with Crippen molar-refractivity contribution in [2.45, 2.75) is 40.0 Å². The highest BCUT2D eigenvalue weighted by Crippen LogP contribution is 2.32. The first-order valence-corrected chi connectivity index (χ1v) is 10.3. The van der Waals surface area contributed by atoms with Gasteiger partial charge >= 0.3 is 6.03 Å². The van der Waals surface area contributed by atoms with E-state index in [0.717, 1.165) is 44.8 Å². The van der Waals surface area contributed by atoms with Crippen LogP contribution in [-0.2, 0) is 5.41 Å². The molecule has 0 spiro atoms. The van der Waals surface area contributed by atoms with E-state index in [4.69, 9.17) is 4.98 Å². The third-order valence-electron chi connectivity index (χ3n) is 5.41. The fraction of sp³-hybridized carbons (Fsp3) is 0.240. The zero-order valence-electron chi connectivity index (χ0n) is 18.5. The Bertz CT molecular complexity index is 1250. The number of carbonyl (C=O) groups excluding carboxylic acids is 1. The van der Waals surface area contributed by atoms with Crippen molar-refractivity contribution < 1.29 is 4.79 Å². The fourth-order valence-corrected chi connectivity index (χ4v) is 3.40. The molecular weight excluding hydrogens is 386 g/mol. The molecule has 158 valence electrons. The average molecular weight is 414 g/mol. The number of nitrogens with zero attached hydrogens (tertiary/aromatic N) is 2. The van der Waals surface area contributed by atoms with Crippen molar-refractivity contribution in [2.24, 2.45) is 0 Å². The highest BCUT2D eigenvalue weighted by atomic mass is 16.2. The topological polar surface area (TPSA) is 82.7 Å². The van der Waals surface area contributed by atoms with Crippen LogP contribution in [0.15, 0.2) is 54.7 Å². The number of hydrogen-bond acceptors (Lipinski definition) is 3. The minimum atomic E-state index is -0.271. The number of aryl methyl sites for hydroxylation is 2. The van der Waals surface area contributed by atoms with Crippen LogP contribution in [0.1, 0.15) is 37.6 Å². The van der Waals surface area contributed by atoms with Gasteiger partial charge in [-0.25, -0.2) is 9.78 Å². The average Bonchev–Trinajstić information content (AvgIpc) is 3.19. The van der Waals surface area contributed by atoms with Crippen molar-refractivity contribution in [3.8, 4) is 11.1 Å². The molecule has 0 aliphatic rings. The van der Waals surface area contributed by atoms with Crippen molar-refractivity contribution in [1.82, 2.24) is 15.2 Å². The van der Waals surface area contributed by atoms with Crippen molar-refractivity contribution in [1.29, 1.82) is 0 Å². The molecule has 4 rings (SSSR count). The second-order valence-electron chi connectivity index (χ2n) is 8.89. The highest BCUT2D eigenvalue weighted by Gasteiger charge is 2.19. The predicted octanol–water partition coefficient (Wildman–Crippen LogP) is 6.18. The summed E-state index contributed by atoms with van der Waals surface area (Å²) in [6.07, 6.45) is 1.80. The van der Waals surface area contributed by atoms with Crippen molar-refractivity contribution in [2.75, 3.05) is 10.6 Å². The first kappa shape index (κ1) is 20.6. The number of H-pyrrole nitrogens is 1. The van der Waals surface area contributed by atoms with Crippen LogP contribution in [0.25, 0.3) is 22.2 Å². The lowest BCUT2D eigenvalue weighted by atomic mass is 9.89. The smallest absolute Gasteiger partial charge is 0.308 e. The number of carbonyl (C=O) groups is 1. The van der Waals surface area contributed by atoms with E-state index in [1.54, 1.807) is 6.20 Å². The zero-order valence-corrected chi connectivity index (χ0v) is 18.5. The molecule has 2 aromatic heterocycles. The Morgan fingerprint density at radius 2 is 1.58 bits per heavy atom. The molecular formula is C25H27N5O. The second kappa shape index (κ2) is 7.87. The maximum atomic E-state index is 12.4. The van der Waals surface area contributed by atoms with E-state index in [2.05, 4.69) is 47.7 Å². The van der Waals surface area contributed by atoms with Gasteiger partial charge in [0, 0.05) is 27.9 Å². The van der Waals surface area contributed by atoms with Gasteiger partial charge < -0.3 is 10.6 Å². The number of fused-ring (bicyclic) bond motifs is 1. The number of rotatable bonds is 3. The van der Waals surface area contributed by atoms with Crippen molar-refractivity contribution >= 4 is 28.4 Å². The largest absolute Gasteiger partial charge is 0.323 e. The molecule has 2 amide bonds. The van der Waals surface area contributed by atoms with Crippen molar-refractivity contribution in [3.05, 3.63) is 71.5 Å². The van der Waals surface area contributed by atoms with Gasteiger partial charge in [0.1, 0.15) is 0 Å². The maximum absolute atomic E-state index is 12.4. The van der Waals surface area contributed by atoms with Crippen LogP contribution < -0.4 is 10.6 Å². The van der Waals surface area contributed by atoms with E-state index in [1.807, 2.05) is 56.3 Å².